The number of carboxylic acid groups (broad SMARTS) is 1. The van der Waals surface area contributed by atoms with Gasteiger partial charge in [-0.3, -0.25) is 9.88 Å². The maximum Gasteiger partial charge on any atom is 0.407 e. The molecule has 0 atom stereocenters. The van der Waals surface area contributed by atoms with Crippen LogP contribution in [0.4, 0.5) is 4.79 Å². The Bertz CT molecular complexity index is 555. The van der Waals surface area contributed by atoms with E-state index in [1.165, 1.54) is 4.90 Å². The summed E-state index contributed by atoms with van der Waals surface area (Å²) in [5.41, 5.74) is 8.10. The van der Waals surface area contributed by atoms with Gasteiger partial charge in [0.1, 0.15) is 0 Å². The Kier molecular flexibility index (Phi) is 4.68. The van der Waals surface area contributed by atoms with Gasteiger partial charge in [0.15, 0.2) is 0 Å². The van der Waals surface area contributed by atoms with Crippen LogP contribution < -0.4 is 5.73 Å². The lowest BCUT2D eigenvalue weighted by atomic mass is 10.2. The summed E-state index contributed by atoms with van der Waals surface area (Å²) in [4.78, 5) is 16.9. The molecule has 1 aromatic carbocycles. The van der Waals surface area contributed by atoms with Crippen LogP contribution in [0.3, 0.4) is 0 Å². The molecule has 0 aliphatic rings. The van der Waals surface area contributed by atoms with Gasteiger partial charge in [0.25, 0.3) is 0 Å². The smallest absolute Gasteiger partial charge is 0.407 e. The molecule has 1 aromatic heterocycles. The van der Waals surface area contributed by atoms with Crippen LogP contribution in [0.2, 0.25) is 0 Å². The van der Waals surface area contributed by atoms with Crippen molar-refractivity contribution in [2.24, 2.45) is 5.73 Å². The first-order valence-corrected chi connectivity index (χ1v) is 6.34. The summed E-state index contributed by atoms with van der Waals surface area (Å²) in [5.74, 6) is 0. The van der Waals surface area contributed by atoms with Gasteiger partial charge in [-0.05, 0) is 17.2 Å². The lowest BCUT2D eigenvalue weighted by Crippen LogP contribution is -2.28. The molecular formula is C15H17N3O2. The SMILES string of the molecule is NCc1ccc(CN(Cc2ccccc2)C(=O)O)nc1. The largest absolute Gasteiger partial charge is 0.465 e. The predicted molar refractivity (Wildman–Crippen MR) is 75.8 cm³/mol. The third kappa shape index (κ3) is 3.80. The van der Waals surface area contributed by atoms with E-state index in [9.17, 15) is 9.90 Å². The fourth-order valence-corrected chi connectivity index (χ4v) is 1.86. The Balaban J connectivity index is 2.07. The molecule has 3 N–H and O–H groups in total. The first-order chi connectivity index (χ1) is 9.69. The van der Waals surface area contributed by atoms with Gasteiger partial charge in [0.2, 0.25) is 0 Å². The summed E-state index contributed by atoms with van der Waals surface area (Å²) >= 11 is 0. The van der Waals surface area contributed by atoms with Gasteiger partial charge in [-0.1, -0.05) is 36.4 Å². The summed E-state index contributed by atoms with van der Waals surface area (Å²) in [6.45, 7) is 1.03. The number of amides is 1. The van der Waals surface area contributed by atoms with E-state index in [1.54, 1.807) is 6.20 Å². The van der Waals surface area contributed by atoms with Crippen LogP contribution in [0, 0.1) is 0 Å². The Morgan fingerprint density at radius 2 is 1.85 bits per heavy atom. The molecule has 5 nitrogen and oxygen atoms in total. The topological polar surface area (TPSA) is 79.5 Å². The molecular weight excluding hydrogens is 254 g/mol. The standard InChI is InChI=1S/C15H17N3O2/c16-8-13-6-7-14(17-9-13)11-18(15(19)20)10-12-4-2-1-3-5-12/h1-7,9H,8,10-11,16H2,(H,19,20). The number of carbonyl (C=O) groups is 1. The highest BCUT2D eigenvalue weighted by Crippen LogP contribution is 2.09. The Morgan fingerprint density at radius 1 is 1.10 bits per heavy atom. The minimum Gasteiger partial charge on any atom is -0.465 e. The molecule has 20 heavy (non-hydrogen) atoms. The zero-order chi connectivity index (χ0) is 14.4. The molecule has 104 valence electrons. The van der Waals surface area contributed by atoms with Crippen molar-refractivity contribution in [3.63, 3.8) is 0 Å². The van der Waals surface area contributed by atoms with E-state index in [4.69, 9.17) is 5.73 Å². The molecule has 1 heterocycles. The van der Waals surface area contributed by atoms with Crippen molar-refractivity contribution in [2.75, 3.05) is 0 Å². The monoisotopic (exact) mass is 271 g/mol. The van der Waals surface area contributed by atoms with Crippen LogP contribution in [0.15, 0.2) is 48.7 Å². The molecule has 0 radical (unpaired) electrons. The molecule has 0 unspecified atom stereocenters. The Labute approximate surface area is 117 Å². The van der Waals surface area contributed by atoms with E-state index in [-0.39, 0.29) is 6.54 Å². The van der Waals surface area contributed by atoms with E-state index in [0.717, 1.165) is 11.1 Å². The maximum absolute atomic E-state index is 11.3. The average Bonchev–Trinajstić information content (AvgIpc) is 2.48. The number of nitrogens with two attached hydrogens (primary N) is 1. The number of aromatic nitrogens is 1. The fraction of sp³-hybridized carbons (Fsp3) is 0.200. The van der Waals surface area contributed by atoms with Gasteiger partial charge in [0, 0.05) is 19.3 Å². The second-order valence-corrected chi connectivity index (χ2v) is 4.49. The lowest BCUT2D eigenvalue weighted by Gasteiger charge is -2.19. The van der Waals surface area contributed by atoms with Crippen molar-refractivity contribution in [3.05, 3.63) is 65.5 Å². The summed E-state index contributed by atoms with van der Waals surface area (Å²) in [5, 5.41) is 9.27. The van der Waals surface area contributed by atoms with Gasteiger partial charge in [-0.2, -0.15) is 0 Å². The summed E-state index contributed by atoms with van der Waals surface area (Å²) in [6, 6.07) is 13.2. The molecule has 0 aliphatic carbocycles. The van der Waals surface area contributed by atoms with Crippen LogP contribution in [0.5, 0.6) is 0 Å². The second kappa shape index (κ2) is 6.68. The van der Waals surface area contributed by atoms with E-state index in [0.29, 0.717) is 18.8 Å². The normalized spacial score (nSPS) is 10.2. The predicted octanol–water partition coefficient (Wildman–Crippen LogP) is 2.22. The minimum atomic E-state index is -0.960. The molecule has 0 saturated carbocycles. The van der Waals surface area contributed by atoms with Gasteiger partial charge >= 0.3 is 6.09 Å². The lowest BCUT2D eigenvalue weighted by molar-refractivity contribution is 0.138. The minimum absolute atomic E-state index is 0.259. The number of pyridine rings is 1. The number of rotatable bonds is 5. The molecule has 0 saturated heterocycles. The molecule has 2 rings (SSSR count). The van der Waals surface area contributed by atoms with E-state index < -0.39 is 6.09 Å². The maximum atomic E-state index is 11.3. The van der Waals surface area contributed by atoms with Crippen LogP contribution in [-0.4, -0.2) is 21.1 Å². The van der Waals surface area contributed by atoms with Crippen molar-refractivity contribution in [1.29, 1.82) is 0 Å². The highest BCUT2D eigenvalue weighted by Gasteiger charge is 2.13. The van der Waals surface area contributed by atoms with E-state index in [1.807, 2.05) is 42.5 Å². The zero-order valence-corrected chi connectivity index (χ0v) is 11.1. The molecule has 0 fully saturated rings. The van der Waals surface area contributed by atoms with Crippen molar-refractivity contribution in [3.8, 4) is 0 Å². The van der Waals surface area contributed by atoms with Gasteiger partial charge in [0.05, 0.1) is 12.2 Å². The number of hydrogen-bond donors (Lipinski definition) is 2. The first kappa shape index (κ1) is 14.0. The highest BCUT2D eigenvalue weighted by atomic mass is 16.4. The second-order valence-electron chi connectivity index (χ2n) is 4.49. The molecule has 0 spiro atoms. The Morgan fingerprint density at radius 3 is 2.40 bits per heavy atom. The number of benzene rings is 1. The molecule has 2 aromatic rings. The van der Waals surface area contributed by atoms with Crippen molar-refractivity contribution in [1.82, 2.24) is 9.88 Å². The average molecular weight is 271 g/mol. The third-order valence-electron chi connectivity index (χ3n) is 2.96. The molecule has 0 aliphatic heterocycles. The van der Waals surface area contributed by atoms with Crippen LogP contribution >= 0.6 is 0 Å². The van der Waals surface area contributed by atoms with Crippen molar-refractivity contribution >= 4 is 6.09 Å². The third-order valence-corrected chi connectivity index (χ3v) is 2.96. The van der Waals surface area contributed by atoms with Crippen LogP contribution in [-0.2, 0) is 19.6 Å². The first-order valence-electron chi connectivity index (χ1n) is 6.34. The van der Waals surface area contributed by atoms with Crippen molar-refractivity contribution in [2.45, 2.75) is 19.6 Å². The summed E-state index contributed by atoms with van der Waals surface area (Å²) < 4.78 is 0. The van der Waals surface area contributed by atoms with Gasteiger partial charge < -0.3 is 10.8 Å². The number of hydrogen-bond acceptors (Lipinski definition) is 3. The molecule has 5 heteroatoms. The molecule has 0 bridgehead atoms. The quantitative estimate of drug-likeness (QED) is 0.874. The van der Waals surface area contributed by atoms with Gasteiger partial charge in [-0.25, -0.2) is 4.79 Å². The Hall–Kier alpha value is -2.40. The van der Waals surface area contributed by atoms with E-state index in [2.05, 4.69) is 4.98 Å². The highest BCUT2D eigenvalue weighted by molar-refractivity contribution is 5.65. The zero-order valence-electron chi connectivity index (χ0n) is 11.1. The summed E-state index contributed by atoms with van der Waals surface area (Å²) in [6.07, 6.45) is 0.719. The fourth-order valence-electron chi connectivity index (χ4n) is 1.86. The summed E-state index contributed by atoms with van der Waals surface area (Å²) in [7, 11) is 0. The molecule has 1 amide bonds. The van der Waals surface area contributed by atoms with Gasteiger partial charge in [-0.15, -0.1) is 0 Å². The van der Waals surface area contributed by atoms with Crippen molar-refractivity contribution < 1.29 is 9.90 Å². The van der Waals surface area contributed by atoms with Crippen LogP contribution in [0.1, 0.15) is 16.8 Å². The van der Waals surface area contributed by atoms with E-state index >= 15 is 0 Å². The van der Waals surface area contributed by atoms with Crippen LogP contribution in [0.25, 0.3) is 0 Å². The number of nitrogens with zero attached hydrogens (tertiary/aromatic N) is 2.